The van der Waals surface area contributed by atoms with Crippen LogP contribution in [0.2, 0.25) is 5.02 Å². The monoisotopic (exact) mass is 366 g/mol. The lowest BCUT2D eigenvalue weighted by Gasteiger charge is -2.41. The van der Waals surface area contributed by atoms with Crippen LogP contribution in [0.25, 0.3) is 0 Å². The van der Waals surface area contributed by atoms with Crippen LogP contribution in [0.3, 0.4) is 0 Å². The van der Waals surface area contributed by atoms with Crippen LogP contribution in [-0.2, 0) is 11.2 Å². The normalized spacial score (nSPS) is 16.7. The summed E-state index contributed by atoms with van der Waals surface area (Å²) in [6.45, 7) is 9.88. The molecule has 0 aromatic heterocycles. The Hall–Kier alpha value is -1.30. The number of hydrogen-bond acceptors (Lipinski definition) is 3. The minimum absolute atomic E-state index is 0.0741. The second kappa shape index (κ2) is 10.00. The molecule has 1 fully saturated rings. The highest BCUT2D eigenvalue weighted by Gasteiger charge is 2.28. The molecule has 1 saturated heterocycles. The Morgan fingerprint density at radius 2 is 1.88 bits per heavy atom. The van der Waals surface area contributed by atoms with Crippen molar-refractivity contribution < 1.29 is 4.74 Å². The van der Waals surface area contributed by atoms with Gasteiger partial charge in [-0.2, -0.15) is 0 Å². The minimum Gasteiger partial charge on any atom is -0.379 e. The van der Waals surface area contributed by atoms with Gasteiger partial charge in [-0.3, -0.25) is 9.89 Å². The van der Waals surface area contributed by atoms with Gasteiger partial charge in [-0.1, -0.05) is 23.7 Å². The summed E-state index contributed by atoms with van der Waals surface area (Å²) < 4.78 is 5.44. The van der Waals surface area contributed by atoms with Gasteiger partial charge >= 0.3 is 0 Å². The Balaban J connectivity index is 1.68. The maximum atomic E-state index is 5.91. The van der Waals surface area contributed by atoms with E-state index in [9.17, 15) is 0 Å². The SMILES string of the molecule is CN=C(NCCCc1ccc(Cl)cc1)NCC(C)(C)N1CCOCC1. The number of rotatable bonds is 7. The zero-order valence-electron chi connectivity index (χ0n) is 15.6. The van der Waals surface area contributed by atoms with E-state index in [0.29, 0.717) is 0 Å². The first-order valence-corrected chi connectivity index (χ1v) is 9.41. The molecule has 0 spiro atoms. The summed E-state index contributed by atoms with van der Waals surface area (Å²) >= 11 is 5.91. The van der Waals surface area contributed by atoms with Crippen LogP contribution in [0.1, 0.15) is 25.8 Å². The number of nitrogens with one attached hydrogen (secondary N) is 2. The molecule has 0 bridgehead atoms. The van der Waals surface area contributed by atoms with Gasteiger partial charge in [0.05, 0.1) is 13.2 Å². The molecule has 0 amide bonds. The number of nitrogens with zero attached hydrogens (tertiary/aromatic N) is 2. The standard InChI is InChI=1S/C19H31ClN4O/c1-19(2,24-11-13-25-14-12-24)15-23-18(21-3)22-10-4-5-16-6-8-17(20)9-7-16/h6-9H,4-5,10-15H2,1-3H3,(H2,21,22,23). The molecule has 1 aromatic rings. The largest absolute Gasteiger partial charge is 0.379 e. The highest BCUT2D eigenvalue weighted by atomic mass is 35.5. The number of aryl methyl sites for hydroxylation is 1. The lowest BCUT2D eigenvalue weighted by Crippen LogP contribution is -2.56. The van der Waals surface area contributed by atoms with Crippen molar-refractivity contribution >= 4 is 17.6 Å². The van der Waals surface area contributed by atoms with Crippen molar-refractivity contribution in [2.75, 3.05) is 46.4 Å². The molecule has 0 atom stereocenters. The molecule has 1 heterocycles. The van der Waals surface area contributed by atoms with Gasteiger partial charge in [0.2, 0.25) is 0 Å². The molecule has 0 saturated carbocycles. The molecule has 2 N–H and O–H groups in total. The molecule has 0 unspecified atom stereocenters. The molecular weight excluding hydrogens is 336 g/mol. The molecule has 0 radical (unpaired) electrons. The third-order valence-electron chi connectivity index (χ3n) is 4.63. The topological polar surface area (TPSA) is 48.9 Å². The molecule has 25 heavy (non-hydrogen) atoms. The van der Waals surface area contributed by atoms with Crippen molar-refractivity contribution in [2.45, 2.75) is 32.2 Å². The summed E-state index contributed by atoms with van der Waals surface area (Å²) in [5.41, 5.74) is 1.38. The fraction of sp³-hybridized carbons (Fsp3) is 0.632. The van der Waals surface area contributed by atoms with E-state index in [0.717, 1.165) is 63.2 Å². The van der Waals surface area contributed by atoms with Crippen LogP contribution < -0.4 is 10.6 Å². The van der Waals surface area contributed by atoms with Gasteiger partial charge < -0.3 is 15.4 Å². The van der Waals surface area contributed by atoms with E-state index >= 15 is 0 Å². The highest BCUT2D eigenvalue weighted by molar-refractivity contribution is 6.30. The lowest BCUT2D eigenvalue weighted by atomic mass is 10.0. The number of ether oxygens (including phenoxy) is 1. The number of halogens is 1. The average Bonchev–Trinajstić information content (AvgIpc) is 2.63. The summed E-state index contributed by atoms with van der Waals surface area (Å²) in [7, 11) is 1.82. The van der Waals surface area contributed by atoms with Crippen LogP contribution in [0.4, 0.5) is 0 Å². The lowest BCUT2D eigenvalue weighted by molar-refractivity contribution is -0.00833. The summed E-state index contributed by atoms with van der Waals surface area (Å²) in [5.74, 6) is 0.859. The number of aliphatic imine (C=N–C) groups is 1. The molecule has 1 aromatic carbocycles. The minimum atomic E-state index is 0.0741. The van der Waals surface area contributed by atoms with Crippen molar-refractivity contribution in [3.05, 3.63) is 34.9 Å². The maximum Gasteiger partial charge on any atom is 0.191 e. The number of benzene rings is 1. The van der Waals surface area contributed by atoms with Crippen LogP contribution in [0.15, 0.2) is 29.3 Å². The number of guanidine groups is 1. The Labute approximate surface area is 156 Å². The van der Waals surface area contributed by atoms with Gasteiger partial charge in [0.1, 0.15) is 0 Å². The molecule has 140 valence electrons. The predicted octanol–water partition coefficient (Wildman–Crippen LogP) is 2.55. The molecule has 0 aliphatic carbocycles. The second-order valence-electron chi connectivity index (χ2n) is 6.99. The molecular formula is C19H31ClN4O. The summed E-state index contributed by atoms with van der Waals surface area (Å²) in [6, 6.07) is 8.05. The third-order valence-corrected chi connectivity index (χ3v) is 4.88. The molecule has 5 nitrogen and oxygen atoms in total. The molecule has 6 heteroatoms. The first-order chi connectivity index (χ1) is 12.0. The van der Waals surface area contributed by atoms with Gasteiger partial charge in [0.25, 0.3) is 0 Å². The molecule has 2 rings (SSSR count). The summed E-state index contributed by atoms with van der Waals surface area (Å²) in [5, 5.41) is 7.63. The van der Waals surface area contributed by atoms with Crippen LogP contribution in [0, 0.1) is 0 Å². The van der Waals surface area contributed by atoms with E-state index in [1.807, 2.05) is 19.2 Å². The van der Waals surface area contributed by atoms with Gasteiger partial charge in [-0.25, -0.2) is 0 Å². The van der Waals surface area contributed by atoms with Crippen LogP contribution in [0.5, 0.6) is 0 Å². The first-order valence-electron chi connectivity index (χ1n) is 9.03. The van der Waals surface area contributed by atoms with Crippen molar-refractivity contribution in [3.63, 3.8) is 0 Å². The second-order valence-corrected chi connectivity index (χ2v) is 7.43. The Morgan fingerprint density at radius 1 is 1.20 bits per heavy atom. The smallest absolute Gasteiger partial charge is 0.191 e. The Morgan fingerprint density at radius 3 is 2.52 bits per heavy atom. The fourth-order valence-corrected chi connectivity index (χ4v) is 3.08. The highest BCUT2D eigenvalue weighted by Crippen LogP contribution is 2.15. The van der Waals surface area contributed by atoms with Gasteiger partial charge in [0, 0.05) is 43.8 Å². The van der Waals surface area contributed by atoms with E-state index in [1.54, 1.807) is 0 Å². The number of hydrogen-bond donors (Lipinski definition) is 2. The molecule has 1 aliphatic heterocycles. The average molecular weight is 367 g/mol. The quantitative estimate of drug-likeness (QED) is 0.442. The van der Waals surface area contributed by atoms with E-state index in [1.165, 1.54) is 5.56 Å². The molecule has 1 aliphatic rings. The van der Waals surface area contributed by atoms with Gasteiger partial charge in [-0.05, 0) is 44.4 Å². The van der Waals surface area contributed by atoms with E-state index < -0.39 is 0 Å². The van der Waals surface area contributed by atoms with E-state index in [-0.39, 0.29) is 5.54 Å². The third kappa shape index (κ3) is 6.84. The first kappa shape index (κ1) is 20.0. The van der Waals surface area contributed by atoms with E-state index in [4.69, 9.17) is 16.3 Å². The Bertz CT molecular complexity index is 539. The number of morpholine rings is 1. The zero-order valence-corrected chi connectivity index (χ0v) is 16.4. The zero-order chi connectivity index (χ0) is 18.1. The maximum absolute atomic E-state index is 5.91. The van der Waals surface area contributed by atoms with Crippen LogP contribution in [-0.4, -0.2) is 62.8 Å². The van der Waals surface area contributed by atoms with Gasteiger partial charge in [0.15, 0.2) is 5.96 Å². The van der Waals surface area contributed by atoms with E-state index in [2.05, 4.69) is 46.5 Å². The van der Waals surface area contributed by atoms with Gasteiger partial charge in [-0.15, -0.1) is 0 Å². The summed E-state index contributed by atoms with van der Waals surface area (Å²) in [4.78, 5) is 6.80. The van der Waals surface area contributed by atoms with Crippen molar-refractivity contribution in [1.29, 1.82) is 0 Å². The van der Waals surface area contributed by atoms with Crippen molar-refractivity contribution in [2.24, 2.45) is 4.99 Å². The van der Waals surface area contributed by atoms with Crippen molar-refractivity contribution in [1.82, 2.24) is 15.5 Å². The fourth-order valence-electron chi connectivity index (χ4n) is 2.95. The van der Waals surface area contributed by atoms with Crippen molar-refractivity contribution in [3.8, 4) is 0 Å². The predicted molar refractivity (Wildman–Crippen MR) is 106 cm³/mol. The summed E-state index contributed by atoms with van der Waals surface area (Å²) in [6.07, 6.45) is 2.08. The Kier molecular flexibility index (Phi) is 8.00. The van der Waals surface area contributed by atoms with Crippen LogP contribution >= 0.6 is 11.6 Å².